The molecule has 0 aromatic carbocycles. The maximum absolute atomic E-state index is 12.0. The average Bonchev–Trinajstić information content (AvgIpc) is 2.43. The fourth-order valence-electron chi connectivity index (χ4n) is 1.53. The Morgan fingerprint density at radius 3 is 2.20 bits per heavy atom. The lowest BCUT2D eigenvalue weighted by Gasteiger charge is -2.22. The molecule has 0 bridgehead atoms. The molecule has 25 heavy (non-hydrogen) atoms. The van der Waals surface area contributed by atoms with E-state index in [0.29, 0.717) is 6.42 Å². The molecule has 0 heterocycles. The van der Waals surface area contributed by atoms with Crippen molar-refractivity contribution < 1.29 is 38.5 Å². The van der Waals surface area contributed by atoms with Crippen LogP contribution in [0, 0.1) is 0 Å². The van der Waals surface area contributed by atoms with E-state index in [0.717, 1.165) is 6.42 Å². The van der Waals surface area contributed by atoms with Crippen LogP contribution in [0.4, 0.5) is 4.79 Å². The van der Waals surface area contributed by atoms with E-state index in [1.54, 1.807) is 20.8 Å². The first-order chi connectivity index (χ1) is 11.5. The highest BCUT2D eigenvalue weighted by Gasteiger charge is 2.30. The number of carboxylic acids is 1. The summed E-state index contributed by atoms with van der Waals surface area (Å²) in [7, 11) is 0. The molecule has 0 saturated heterocycles. The molecule has 0 aliphatic carbocycles. The summed E-state index contributed by atoms with van der Waals surface area (Å²) in [6.07, 6.45) is -1.75. The smallest absolute Gasteiger partial charge is 0.408 e. The van der Waals surface area contributed by atoms with Gasteiger partial charge in [-0.15, -0.1) is 0 Å². The van der Waals surface area contributed by atoms with Gasteiger partial charge in [-0.25, -0.2) is 14.4 Å². The molecule has 9 nitrogen and oxygen atoms in total. The van der Waals surface area contributed by atoms with Crippen molar-refractivity contribution in [3.8, 4) is 0 Å². The molecule has 9 heteroatoms. The number of rotatable bonds is 9. The quantitative estimate of drug-likeness (QED) is 0.360. The molecule has 0 aromatic rings. The number of nitrogens with one attached hydrogen (secondary N) is 1. The lowest BCUT2D eigenvalue weighted by molar-refractivity contribution is -0.171. The number of hydrogen-bond donors (Lipinski definition) is 2. The minimum Gasteiger partial charge on any atom is -0.481 e. The molecule has 0 rings (SSSR count). The Morgan fingerprint density at radius 1 is 1.12 bits per heavy atom. The van der Waals surface area contributed by atoms with E-state index in [-0.39, 0.29) is 6.61 Å². The molecule has 0 aliphatic heterocycles. The first kappa shape index (κ1) is 22.7. The van der Waals surface area contributed by atoms with Crippen LogP contribution >= 0.6 is 0 Å². The number of unbranched alkanes of at least 4 members (excludes halogenated alkanes) is 1. The highest BCUT2D eigenvalue weighted by atomic mass is 16.6. The zero-order valence-electron chi connectivity index (χ0n) is 15.3. The van der Waals surface area contributed by atoms with Gasteiger partial charge in [0.05, 0.1) is 13.0 Å². The molecule has 0 aromatic heterocycles. The van der Waals surface area contributed by atoms with Crippen molar-refractivity contribution in [2.45, 2.75) is 71.6 Å². The second-order valence-corrected chi connectivity index (χ2v) is 6.41. The lowest BCUT2D eigenvalue weighted by Crippen LogP contribution is -2.44. The summed E-state index contributed by atoms with van der Waals surface area (Å²) in [5.74, 6) is -3.23. The Labute approximate surface area is 147 Å². The number of alkyl carbamates (subject to hydrolysis) is 1. The van der Waals surface area contributed by atoms with Gasteiger partial charge in [-0.2, -0.15) is 0 Å². The summed E-state index contributed by atoms with van der Waals surface area (Å²) in [5.41, 5.74) is -0.747. The summed E-state index contributed by atoms with van der Waals surface area (Å²) in [4.78, 5) is 46.3. The minimum atomic E-state index is -1.58. The second-order valence-electron chi connectivity index (χ2n) is 6.41. The standard InChI is InChI=1S/C16H27NO8/c1-6-7-8-23-14(21)11(9-12(18)19)24-13(20)10(2)17-15(22)25-16(3,4)5/h10-11H,6-9H2,1-5H3,(H,17,22)(H,18,19)/t10-,11-/m0/s1. The highest BCUT2D eigenvalue weighted by Crippen LogP contribution is 2.08. The Balaban J connectivity index is 4.70. The van der Waals surface area contributed by atoms with Crippen molar-refractivity contribution in [2.24, 2.45) is 0 Å². The van der Waals surface area contributed by atoms with Crippen LogP contribution in [0.2, 0.25) is 0 Å². The molecular formula is C16H27NO8. The molecule has 0 fully saturated rings. The molecular weight excluding hydrogens is 334 g/mol. The largest absolute Gasteiger partial charge is 0.481 e. The van der Waals surface area contributed by atoms with Gasteiger partial charge < -0.3 is 24.6 Å². The van der Waals surface area contributed by atoms with Crippen molar-refractivity contribution in [1.82, 2.24) is 5.32 Å². The van der Waals surface area contributed by atoms with Crippen LogP contribution < -0.4 is 5.32 Å². The van der Waals surface area contributed by atoms with Crippen LogP contribution in [-0.2, 0) is 28.6 Å². The third kappa shape index (κ3) is 11.0. The molecule has 2 atom stereocenters. The Morgan fingerprint density at radius 2 is 1.72 bits per heavy atom. The summed E-state index contributed by atoms with van der Waals surface area (Å²) >= 11 is 0. The van der Waals surface area contributed by atoms with Crippen LogP contribution in [-0.4, -0.2) is 53.5 Å². The molecule has 0 spiro atoms. The zero-order valence-corrected chi connectivity index (χ0v) is 15.3. The van der Waals surface area contributed by atoms with Gasteiger partial charge in [0.2, 0.25) is 6.10 Å². The Kier molecular flexibility index (Phi) is 9.55. The van der Waals surface area contributed by atoms with Crippen molar-refractivity contribution in [3.05, 3.63) is 0 Å². The van der Waals surface area contributed by atoms with Gasteiger partial charge in [0.1, 0.15) is 11.6 Å². The summed E-state index contributed by atoms with van der Waals surface area (Å²) in [5, 5.41) is 11.1. The van der Waals surface area contributed by atoms with E-state index >= 15 is 0 Å². The third-order valence-corrected chi connectivity index (χ3v) is 2.71. The number of ether oxygens (including phenoxy) is 3. The van der Waals surface area contributed by atoms with E-state index in [1.165, 1.54) is 6.92 Å². The molecule has 0 saturated carbocycles. The van der Waals surface area contributed by atoms with Gasteiger partial charge >= 0.3 is 24.0 Å². The number of amides is 1. The van der Waals surface area contributed by atoms with E-state index in [4.69, 9.17) is 19.3 Å². The second kappa shape index (κ2) is 10.5. The molecule has 0 aliphatic rings. The number of esters is 2. The van der Waals surface area contributed by atoms with Crippen molar-refractivity contribution in [2.75, 3.05) is 6.61 Å². The first-order valence-corrected chi connectivity index (χ1v) is 8.04. The predicted molar refractivity (Wildman–Crippen MR) is 86.8 cm³/mol. The van der Waals surface area contributed by atoms with Gasteiger partial charge in [0.25, 0.3) is 0 Å². The van der Waals surface area contributed by atoms with Gasteiger partial charge in [0, 0.05) is 0 Å². The first-order valence-electron chi connectivity index (χ1n) is 8.04. The summed E-state index contributed by atoms with van der Waals surface area (Å²) in [6, 6.07) is -1.13. The maximum atomic E-state index is 12.0. The molecule has 2 N–H and O–H groups in total. The predicted octanol–water partition coefficient (Wildman–Crippen LogP) is 1.63. The number of carbonyl (C=O) groups excluding carboxylic acids is 3. The highest BCUT2D eigenvalue weighted by molar-refractivity contribution is 5.86. The third-order valence-electron chi connectivity index (χ3n) is 2.71. The average molecular weight is 361 g/mol. The minimum absolute atomic E-state index is 0.106. The molecule has 0 unspecified atom stereocenters. The van der Waals surface area contributed by atoms with Crippen molar-refractivity contribution in [3.63, 3.8) is 0 Å². The molecule has 1 amide bonds. The molecule has 0 radical (unpaired) electrons. The molecule has 144 valence electrons. The lowest BCUT2D eigenvalue weighted by atomic mass is 10.2. The number of carboxylic acid groups (broad SMARTS) is 1. The SMILES string of the molecule is CCCCOC(=O)[C@H](CC(=O)O)OC(=O)[C@H](C)NC(=O)OC(C)(C)C. The van der Waals surface area contributed by atoms with E-state index in [9.17, 15) is 19.2 Å². The van der Waals surface area contributed by atoms with E-state index in [2.05, 4.69) is 5.32 Å². The summed E-state index contributed by atoms with van der Waals surface area (Å²) < 4.78 is 14.8. The van der Waals surface area contributed by atoms with Crippen LogP contribution in [0.15, 0.2) is 0 Å². The van der Waals surface area contributed by atoms with Gasteiger partial charge in [-0.3, -0.25) is 4.79 Å². The van der Waals surface area contributed by atoms with Crippen molar-refractivity contribution >= 4 is 24.0 Å². The topological polar surface area (TPSA) is 128 Å². The van der Waals surface area contributed by atoms with Crippen LogP contribution in [0.5, 0.6) is 0 Å². The monoisotopic (exact) mass is 361 g/mol. The Hall–Kier alpha value is -2.32. The van der Waals surface area contributed by atoms with Crippen LogP contribution in [0.3, 0.4) is 0 Å². The van der Waals surface area contributed by atoms with Crippen molar-refractivity contribution in [1.29, 1.82) is 0 Å². The zero-order chi connectivity index (χ0) is 19.6. The Bertz CT molecular complexity index is 483. The fraction of sp³-hybridized carbons (Fsp3) is 0.750. The van der Waals surface area contributed by atoms with E-state index < -0.39 is 48.2 Å². The summed E-state index contributed by atoms with van der Waals surface area (Å²) in [6.45, 7) is 8.30. The van der Waals surface area contributed by atoms with Gasteiger partial charge in [0.15, 0.2) is 0 Å². The normalized spacial score (nSPS) is 13.3. The number of carbonyl (C=O) groups is 4. The van der Waals surface area contributed by atoms with Gasteiger partial charge in [-0.1, -0.05) is 13.3 Å². The van der Waals surface area contributed by atoms with Gasteiger partial charge in [-0.05, 0) is 34.1 Å². The number of hydrogen-bond acceptors (Lipinski definition) is 7. The van der Waals surface area contributed by atoms with Crippen LogP contribution in [0.1, 0.15) is 53.9 Å². The number of aliphatic carboxylic acids is 1. The van der Waals surface area contributed by atoms with E-state index in [1.807, 2.05) is 6.92 Å². The maximum Gasteiger partial charge on any atom is 0.408 e. The fourth-order valence-corrected chi connectivity index (χ4v) is 1.53. The van der Waals surface area contributed by atoms with Crippen LogP contribution in [0.25, 0.3) is 0 Å².